The van der Waals surface area contributed by atoms with Crippen molar-refractivity contribution in [3.63, 3.8) is 0 Å². The van der Waals surface area contributed by atoms with E-state index in [1.807, 2.05) is 17.6 Å². The quantitative estimate of drug-likeness (QED) is 0.861. The Bertz CT molecular complexity index is 511. The summed E-state index contributed by atoms with van der Waals surface area (Å²) in [6, 6.07) is 1.97. The molecule has 0 aliphatic heterocycles. The van der Waals surface area contributed by atoms with Gasteiger partial charge in [-0.3, -0.25) is 0 Å². The predicted molar refractivity (Wildman–Crippen MR) is 78.4 cm³/mol. The minimum atomic E-state index is -0.239. The summed E-state index contributed by atoms with van der Waals surface area (Å²) in [6.07, 6.45) is 3.58. The highest BCUT2D eigenvalue weighted by Crippen LogP contribution is 2.30. The highest BCUT2D eigenvalue weighted by molar-refractivity contribution is 9.11. The maximum absolute atomic E-state index is 4.34. The van der Waals surface area contributed by atoms with Crippen LogP contribution >= 0.6 is 43.2 Å². The van der Waals surface area contributed by atoms with Gasteiger partial charge >= 0.3 is 0 Å². The van der Waals surface area contributed by atoms with Crippen LogP contribution < -0.4 is 5.32 Å². The summed E-state index contributed by atoms with van der Waals surface area (Å²) in [5.41, 5.74) is -0.239. The molecular weight excluding hydrogens is 366 g/mol. The molecular formula is C11H11Br2N3S. The van der Waals surface area contributed by atoms with E-state index in [0.29, 0.717) is 0 Å². The van der Waals surface area contributed by atoms with Crippen molar-refractivity contribution in [2.75, 3.05) is 5.32 Å². The minimum absolute atomic E-state index is 0.239. The van der Waals surface area contributed by atoms with E-state index in [-0.39, 0.29) is 5.54 Å². The molecule has 0 fully saturated rings. The van der Waals surface area contributed by atoms with Crippen molar-refractivity contribution in [2.45, 2.75) is 19.4 Å². The van der Waals surface area contributed by atoms with Gasteiger partial charge in [-0.1, -0.05) is 0 Å². The molecule has 2 heterocycles. The Kier molecular flexibility index (Phi) is 3.85. The number of rotatable bonds is 3. The maximum atomic E-state index is 4.34. The molecule has 0 aliphatic carbocycles. The van der Waals surface area contributed by atoms with Crippen LogP contribution in [0.25, 0.3) is 0 Å². The van der Waals surface area contributed by atoms with Gasteiger partial charge in [0.2, 0.25) is 0 Å². The van der Waals surface area contributed by atoms with Gasteiger partial charge in [0.05, 0.1) is 10.0 Å². The lowest BCUT2D eigenvalue weighted by Gasteiger charge is -2.25. The summed E-state index contributed by atoms with van der Waals surface area (Å²) in [7, 11) is 0. The summed E-state index contributed by atoms with van der Waals surface area (Å²) in [4.78, 5) is 8.68. The van der Waals surface area contributed by atoms with E-state index in [0.717, 1.165) is 19.8 Å². The van der Waals surface area contributed by atoms with Crippen LogP contribution in [0.1, 0.15) is 18.9 Å². The van der Waals surface area contributed by atoms with Crippen LogP contribution in [0.5, 0.6) is 0 Å². The van der Waals surface area contributed by atoms with Crippen LogP contribution in [0.2, 0.25) is 0 Å². The van der Waals surface area contributed by atoms with Crippen LogP contribution in [0.3, 0.4) is 0 Å². The Balaban J connectivity index is 2.26. The van der Waals surface area contributed by atoms with Gasteiger partial charge in [-0.15, -0.1) is 11.3 Å². The van der Waals surface area contributed by atoms with E-state index in [4.69, 9.17) is 0 Å². The Morgan fingerprint density at radius 3 is 2.65 bits per heavy atom. The van der Waals surface area contributed by atoms with E-state index in [1.165, 1.54) is 0 Å². The van der Waals surface area contributed by atoms with Crippen molar-refractivity contribution in [3.8, 4) is 0 Å². The zero-order valence-electron chi connectivity index (χ0n) is 9.37. The van der Waals surface area contributed by atoms with Gasteiger partial charge < -0.3 is 5.32 Å². The molecule has 90 valence electrons. The van der Waals surface area contributed by atoms with E-state index >= 15 is 0 Å². The fourth-order valence-electron chi connectivity index (χ4n) is 1.39. The van der Waals surface area contributed by atoms with Gasteiger partial charge in [-0.25, -0.2) is 9.97 Å². The second-order valence-electron chi connectivity index (χ2n) is 4.07. The standard InChI is InChI=1S/C11H11Br2N3S/c1-11(2,10-14-3-4-17-10)16-9-8(13)5-7(12)6-15-9/h3-6H,1-2H3,(H,15,16). The number of nitrogens with one attached hydrogen (secondary N) is 1. The van der Waals surface area contributed by atoms with Gasteiger partial charge in [0, 0.05) is 22.2 Å². The molecule has 2 aromatic rings. The number of aromatic nitrogens is 2. The highest BCUT2D eigenvalue weighted by Gasteiger charge is 2.24. The van der Waals surface area contributed by atoms with Crippen molar-refractivity contribution in [1.29, 1.82) is 0 Å². The van der Waals surface area contributed by atoms with Gasteiger partial charge in [-0.05, 0) is 51.8 Å². The summed E-state index contributed by atoms with van der Waals surface area (Å²) in [5.74, 6) is 0.813. The van der Waals surface area contributed by atoms with Gasteiger partial charge in [0.15, 0.2) is 0 Å². The molecule has 17 heavy (non-hydrogen) atoms. The van der Waals surface area contributed by atoms with E-state index in [1.54, 1.807) is 17.5 Å². The molecule has 2 rings (SSSR count). The number of hydrogen-bond donors (Lipinski definition) is 1. The topological polar surface area (TPSA) is 37.8 Å². The van der Waals surface area contributed by atoms with E-state index in [2.05, 4.69) is 61.0 Å². The zero-order valence-corrected chi connectivity index (χ0v) is 13.4. The average Bonchev–Trinajstić information content (AvgIpc) is 2.76. The lowest BCUT2D eigenvalue weighted by Crippen LogP contribution is -2.28. The molecule has 0 radical (unpaired) electrons. The first-order valence-electron chi connectivity index (χ1n) is 4.98. The SMILES string of the molecule is CC(C)(Nc1ncc(Br)cc1Br)c1nccs1. The molecule has 0 bridgehead atoms. The first-order valence-corrected chi connectivity index (χ1v) is 7.45. The summed E-state index contributed by atoms with van der Waals surface area (Å²) in [5, 5.41) is 6.40. The molecule has 0 unspecified atom stereocenters. The molecule has 3 nitrogen and oxygen atoms in total. The molecule has 0 atom stereocenters. The Labute approximate surface area is 121 Å². The molecule has 0 saturated heterocycles. The monoisotopic (exact) mass is 375 g/mol. The molecule has 1 N–H and O–H groups in total. The third kappa shape index (κ3) is 3.05. The number of pyridine rings is 1. The van der Waals surface area contributed by atoms with Crippen LogP contribution in [0.15, 0.2) is 32.8 Å². The largest absolute Gasteiger partial charge is 0.358 e. The predicted octanol–water partition coefficient (Wildman–Crippen LogP) is 4.41. The number of nitrogens with zero attached hydrogens (tertiary/aromatic N) is 2. The van der Waals surface area contributed by atoms with Crippen LogP contribution in [-0.4, -0.2) is 9.97 Å². The Hall–Kier alpha value is -0.460. The van der Waals surface area contributed by atoms with Gasteiger partial charge in [-0.2, -0.15) is 0 Å². The number of hydrogen-bond acceptors (Lipinski definition) is 4. The molecule has 0 spiro atoms. The van der Waals surface area contributed by atoms with Crippen LogP contribution in [-0.2, 0) is 5.54 Å². The zero-order chi connectivity index (χ0) is 12.5. The molecule has 0 saturated carbocycles. The first-order chi connectivity index (χ1) is 7.99. The third-order valence-electron chi connectivity index (χ3n) is 2.21. The molecule has 2 aromatic heterocycles. The number of anilines is 1. The lowest BCUT2D eigenvalue weighted by molar-refractivity contribution is 0.600. The normalized spacial score (nSPS) is 11.5. The first kappa shape index (κ1) is 13.0. The Morgan fingerprint density at radius 1 is 1.29 bits per heavy atom. The second-order valence-corrected chi connectivity index (χ2v) is 6.74. The number of halogens is 2. The van der Waals surface area contributed by atoms with Crippen molar-refractivity contribution < 1.29 is 0 Å². The fourth-order valence-corrected chi connectivity index (χ4v) is 3.19. The maximum Gasteiger partial charge on any atom is 0.141 e. The van der Waals surface area contributed by atoms with E-state index < -0.39 is 0 Å². The van der Waals surface area contributed by atoms with Crippen LogP contribution in [0, 0.1) is 0 Å². The molecule has 6 heteroatoms. The van der Waals surface area contributed by atoms with Crippen molar-refractivity contribution >= 4 is 49.0 Å². The van der Waals surface area contributed by atoms with Crippen molar-refractivity contribution in [2.24, 2.45) is 0 Å². The van der Waals surface area contributed by atoms with Crippen LogP contribution in [0.4, 0.5) is 5.82 Å². The Morgan fingerprint density at radius 2 is 2.06 bits per heavy atom. The summed E-state index contributed by atoms with van der Waals surface area (Å²) < 4.78 is 1.87. The third-order valence-corrected chi connectivity index (χ3v) is 4.34. The van der Waals surface area contributed by atoms with Crippen molar-refractivity contribution in [1.82, 2.24) is 9.97 Å². The number of thiazole rings is 1. The second kappa shape index (κ2) is 5.04. The van der Waals surface area contributed by atoms with Gasteiger partial charge in [0.25, 0.3) is 0 Å². The highest BCUT2D eigenvalue weighted by atomic mass is 79.9. The minimum Gasteiger partial charge on any atom is -0.358 e. The van der Waals surface area contributed by atoms with Crippen molar-refractivity contribution in [3.05, 3.63) is 37.8 Å². The lowest BCUT2D eigenvalue weighted by atomic mass is 10.1. The average molecular weight is 377 g/mol. The van der Waals surface area contributed by atoms with E-state index in [9.17, 15) is 0 Å². The molecule has 0 aromatic carbocycles. The fraction of sp³-hybridized carbons (Fsp3) is 0.273. The van der Waals surface area contributed by atoms with Gasteiger partial charge in [0.1, 0.15) is 10.8 Å². The molecule has 0 aliphatic rings. The summed E-state index contributed by atoms with van der Waals surface area (Å²) in [6.45, 7) is 4.17. The smallest absolute Gasteiger partial charge is 0.141 e. The summed E-state index contributed by atoms with van der Waals surface area (Å²) >= 11 is 8.51. The molecule has 0 amide bonds.